The smallest absolute Gasteiger partial charge is 0.335 e. The van der Waals surface area contributed by atoms with Gasteiger partial charge in [-0.2, -0.15) is 0 Å². The summed E-state index contributed by atoms with van der Waals surface area (Å²) in [5, 5.41) is 17.5. The highest BCUT2D eigenvalue weighted by atomic mass is 32.1. The number of nitrogens with one attached hydrogen (secondary N) is 1. The number of phenolic OH excluding ortho intramolecular Hbond substituents is 1. The van der Waals surface area contributed by atoms with Crippen LogP contribution < -0.4 is 5.32 Å². The molecule has 6 nitrogen and oxygen atoms in total. The number of aryl methyl sites for hydroxylation is 1. The van der Waals surface area contributed by atoms with Gasteiger partial charge in [0.15, 0.2) is 0 Å². The molecular weight excluding hydrogens is 412 g/mol. The highest BCUT2D eigenvalue weighted by Crippen LogP contribution is 2.36. The number of nitrogens with zero attached hydrogens (tertiary/aromatic N) is 1. The SMILES string of the molecule is COC(=O)C1=C(NC(=O)CCc2ccc3cc(O)ccc3c2)CC(c2nccs2)CC1. The molecule has 160 valence electrons. The van der Waals surface area contributed by atoms with Crippen LogP contribution in [0.3, 0.4) is 0 Å². The molecular formula is C24H24N2O4S. The number of methoxy groups -OCH3 is 1. The van der Waals surface area contributed by atoms with Crippen molar-refractivity contribution in [3.05, 3.63) is 69.8 Å². The van der Waals surface area contributed by atoms with Crippen molar-refractivity contribution in [2.24, 2.45) is 0 Å². The number of aromatic nitrogens is 1. The number of aromatic hydroxyl groups is 1. The average molecular weight is 437 g/mol. The number of phenols is 1. The number of esters is 1. The standard InChI is InChI=1S/C24H24N2O4S/c1-30-24(29)20-8-6-18(23-25-10-11-31-23)14-21(20)26-22(28)9-3-15-2-4-17-13-19(27)7-5-16(17)12-15/h2,4-5,7,10-13,18,27H,3,6,8-9,14H2,1H3,(H,26,28). The molecule has 0 spiro atoms. The summed E-state index contributed by atoms with van der Waals surface area (Å²) in [6.07, 6.45) is 4.61. The van der Waals surface area contributed by atoms with Crippen LogP contribution in [0.4, 0.5) is 0 Å². The zero-order valence-electron chi connectivity index (χ0n) is 17.3. The minimum Gasteiger partial charge on any atom is -0.508 e. The second-order valence-electron chi connectivity index (χ2n) is 7.67. The van der Waals surface area contributed by atoms with E-state index in [1.807, 2.05) is 29.6 Å². The maximum absolute atomic E-state index is 12.7. The van der Waals surface area contributed by atoms with Crippen LogP contribution in [0, 0.1) is 0 Å². The van der Waals surface area contributed by atoms with Crippen LogP contribution in [0.5, 0.6) is 5.75 Å². The first-order valence-electron chi connectivity index (χ1n) is 10.2. The van der Waals surface area contributed by atoms with Crippen LogP contribution >= 0.6 is 11.3 Å². The van der Waals surface area contributed by atoms with Gasteiger partial charge in [-0.25, -0.2) is 9.78 Å². The molecule has 0 aliphatic heterocycles. The van der Waals surface area contributed by atoms with E-state index in [1.54, 1.807) is 29.7 Å². The summed E-state index contributed by atoms with van der Waals surface area (Å²) in [6.45, 7) is 0. The van der Waals surface area contributed by atoms with Crippen molar-refractivity contribution in [1.82, 2.24) is 10.3 Å². The van der Waals surface area contributed by atoms with E-state index in [2.05, 4.69) is 10.3 Å². The zero-order valence-corrected chi connectivity index (χ0v) is 18.1. The number of thiazole rings is 1. The van der Waals surface area contributed by atoms with Gasteiger partial charge in [0.05, 0.1) is 17.7 Å². The second-order valence-corrected chi connectivity index (χ2v) is 8.60. The van der Waals surface area contributed by atoms with Gasteiger partial charge in [0, 0.05) is 29.6 Å². The number of rotatable bonds is 6. The van der Waals surface area contributed by atoms with E-state index < -0.39 is 0 Å². The summed E-state index contributed by atoms with van der Waals surface area (Å²) in [6, 6.07) is 11.2. The van der Waals surface area contributed by atoms with Gasteiger partial charge in [-0.05, 0) is 54.2 Å². The monoisotopic (exact) mass is 436 g/mol. The number of benzene rings is 2. The molecule has 7 heteroatoms. The van der Waals surface area contributed by atoms with Crippen molar-refractivity contribution >= 4 is 34.0 Å². The van der Waals surface area contributed by atoms with Crippen LogP contribution in [0.25, 0.3) is 10.8 Å². The molecule has 0 saturated heterocycles. The van der Waals surface area contributed by atoms with Crippen LogP contribution in [-0.2, 0) is 20.7 Å². The third-order valence-electron chi connectivity index (χ3n) is 5.61. The van der Waals surface area contributed by atoms with Gasteiger partial charge in [-0.1, -0.05) is 24.3 Å². The Morgan fingerprint density at radius 1 is 1.23 bits per heavy atom. The van der Waals surface area contributed by atoms with Crippen LogP contribution in [0.2, 0.25) is 0 Å². The Hall–Kier alpha value is -3.19. The lowest BCUT2D eigenvalue weighted by molar-refractivity contribution is -0.136. The van der Waals surface area contributed by atoms with Gasteiger partial charge in [-0.3, -0.25) is 4.79 Å². The molecule has 1 heterocycles. The highest BCUT2D eigenvalue weighted by Gasteiger charge is 2.28. The number of ether oxygens (including phenoxy) is 1. The molecule has 1 aromatic heterocycles. The third kappa shape index (κ3) is 4.94. The van der Waals surface area contributed by atoms with Crippen molar-refractivity contribution < 1.29 is 19.4 Å². The van der Waals surface area contributed by atoms with Gasteiger partial charge in [0.1, 0.15) is 5.75 Å². The Morgan fingerprint density at radius 2 is 2.03 bits per heavy atom. The summed E-state index contributed by atoms with van der Waals surface area (Å²) in [5.74, 6) is -0.0777. The van der Waals surface area contributed by atoms with E-state index in [1.165, 1.54) is 7.11 Å². The van der Waals surface area contributed by atoms with E-state index in [4.69, 9.17) is 4.74 Å². The molecule has 2 aromatic carbocycles. The maximum Gasteiger partial charge on any atom is 0.335 e. The minimum atomic E-state index is -0.384. The van der Waals surface area contributed by atoms with Crippen molar-refractivity contribution in [1.29, 1.82) is 0 Å². The van der Waals surface area contributed by atoms with E-state index in [-0.39, 0.29) is 23.5 Å². The fraction of sp³-hybridized carbons (Fsp3) is 0.292. The maximum atomic E-state index is 12.7. The summed E-state index contributed by atoms with van der Waals surface area (Å²) in [7, 11) is 1.36. The van der Waals surface area contributed by atoms with Gasteiger partial charge in [0.25, 0.3) is 0 Å². The molecule has 0 fully saturated rings. The molecule has 1 aliphatic carbocycles. The third-order valence-corrected chi connectivity index (χ3v) is 6.55. The topological polar surface area (TPSA) is 88.5 Å². The second kappa shape index (κ2) is 9.31. The predicted molar refractivity (Wildman–Crippen MR) is 120 cm³/mol. The average Bonchev–Trinajstić information content (AvgIpc) is 3.32. The normalized spacial score (nSPS) is 16.4. The van der Waals surface area contributed by atoms with E-state index >= 15 is 0 Å². The number of hydrogen-bond acceptors (Lipinski definition) is 6. The first-order valence-corrected chi connectivity index (χ1v) is 11.1. The van der Waals surface area contributed by atoms with E-state index in [0.717, 1.165) is 27.8 Å². The molecule has 0 saturated carbocycles. The van der Waals surface area contributed by atoms with E-state index in [9.17, 15) is 14.7 Å². The van der Waals surface area contributed by atoms with Gasteiger partial charge in [0.2, 0.25) is 5.91 Å². The Morgan fingerprint density at radius 3 is 2.81 bits per heavy atom. The fourth-order valence-corrected chi connectivity index (χ4v) is 4.77. The summed E-state index contributed by atoms with van der Waals surface area (Å²) < 4.78 is 4.93. The molecule has 1 amide bonds. The van der Waals surface area contributed by atoms with E-state index in [0.29, 0.717) is 37.0 Å². The van der Waals surface area contributed by atoms with Crippen molar-refractivity contribution in [2.45, 2.75) is 38.0 Å². The number of hydrogen-bond donors (Lipinski definition) is 2. The lowest BCUT2D eigenvalue weighted by atomic mass is 9.87. The molecule has 0 radical (unpaired) electrons. The molecule has 1 aliphatic rings. The highest BCUT2D eigenvalue weighted by molar-refractivity contribution is 7.09. The lowest BCUT2D eigenvalue weighted by Gasteiger charge is -2.25. The zero-order chi connectivity index (χ0) is 21.8. The Bertz CT molecular complexity index is 1140. The Labute approximate surface area is 184 Å². The number of allylic oxidation sites excluding steroid dienone is 1. The Balaban J connectivity index is 1.44. The number of amides is 1. The molecule has 3 aromatic rings. The fourth-order valence-electron chi connectivity index (χ4n) is 3.99. The minimum absolute atomic E-state index is 0.123. The lowest BCUT2D eigenvalue weighted by Crippen LogP contribution is -2.29. The van der Waals surface area contributed by atoms with Crippen LogP contribution in [0.1, 0.15) is 42.2 Å². The molecule has 4 rings (SSSR count). The van der Waals surface area contributed by atoms with Crippen LogP contribution in [-0.4, -0.2) is 29.1 Å². The number of carbonyl (C=O) groups is 2. The van der Waals surface area contributed by atoms with Gasteiger partial charge in [-0.15, -0.1) is 11.3 Å². The molecule has 0 bridgehead atoms. The quantitative estimate of drug-likeness (QED) is 0.558. The number of fused-ring (bicyclic) bond motifs is 1. The number of carbonyl (C=O) groups excluding carboxylic acids is 2. The predicted octanol–water partition coefficient (Wildman–Crippen LogP) is 4.45. The first kappa shape index (κ1) is 21.1. The van der Waals surface area contributed by atoms with Gasteiger partial charge >= 0.3 is 5.97 Å². The van der Waals surface area contributed by atoms with Crippen molar-refractivity contribution in [3.63, 3.8) is 0 Å². The summed E-state index contributed by atoms with van der Waals surface area (Å²) in [5.41, 5.74) is 2.24. The molecule has 2 N–H and O–H groups in total. The molecule has 31 heavy (non-hydrogen) atoms. The summed E-state index contributed by atoms with van der Waals surface area (Å²) in [4.78, 5) is 29.3. The van der Waals surface area contributed by atoms with Crippen molar-refractivity contribution in [3.8, 4) is 5.75 Å². The van der Waals surface area contributed by atoms with Crippen molar-refractivity contribution in [2.75, 3.05) is 7.11 Å². The Kier molecular flexibility index (Phi) is 6.32. The van der Waals surface area contributed by atoms with Gasteiger partial charge < -0.3 is 15.2 Å². The summed E-state index contributed by atoms with van der Waals surface area (Å²) >= 11 is 1.60. The molecule has 1 unspecified atom stereocenters. The first-order chi connectivity index (χ1) is 15.0. The largest absolute Gasteiger partial charge is 0.508 e. The molecule has 1 atom stereocenters. The van der Waals surface area contributed by atoms with Crippen LogP contribution in [0.15, 0.2) is 59.2 Å².